The number of aromatic amines is 1. The van der Waals surface area contributed by atoms with Crippen LogP contribution in [0.25, 0.3) is 0 Å². The minimum atomic E-state index is -0.384. The van der Waals surface area contributed by atoms with Crippen LogP contribution in [0.5, 0.6) is 0 Å². The molecular weight excluding hydrogens is 252 g/mol. The van der Waals surface area contributed by atoms with E-state index in [1.54, 1.807) is 13.8 Å². The van der Waals surface area contributed by atoms with Gasteiger partial charge >= 0.3 is 5.97 Å². The summed E-state index contributed by atoms with van der Waals surface area (Å²) >= 11 is 1.20. The van der Waals surface area contributed by atoms with Crippen LogP contribution in [0.3, 0.4) is 0 Å². The molecule has 0 aromatic carbocycles. The summed E-state index contributed by atoms with van der Waals surface area (Å²) in [4.78, 5) is 29.8. The minimum absolute atomic E-state index is 0.188. The van der Waals surface area contributed by atoms with Gasteiger partial charge in [0.15, 0.2) is 5.16 Å². The number of hydrogen-bond acceptors (Lipinski definition) is 5. The molecule has 100 valence electrons. The van der Waals surface area contributed by atoms with Crippen molar-refractivity contribution in [2.24, 2.45) is 0 Å². The van der Waals surface area contributed by atoms with Gasteiger partial charge in [-0.3, -0.25) is 9.59 Å². The van der Waals surface area contributed by atoms with E-state index in [9.17, 15) is 9.59 Å². The van der Waals surface area contributed by atoms with Crippen molar-refractivity contribution in [3.05, 3.63) is 22.1 Å². The Hall–Kier alpha value is -1.30. The van der Waals surface area contributed by atoms with Crippen molar-refractivity contribution in [1.82, 2.24) is 9.97 Å². The van der Waals surface area contributed by atoms with Gasteiger partial charge in [0.25, 0.3) is 5.56 Å². The second-order valence-electron chi connectivity index (χ2n) is 3.80. The molecule has 0 aliphatic heterocycles. The van der Waals surface area contributed by atoms with Gasteiger partial charge in [-0.15, -0.1) is 0 Å². The zero-order valence-corrected chi connectivity index (χ0v) is 11.7. The van der Waals surface area contributed by atoms with Crippen molar-refractivity contribution in [2.75, 3.05) is 6.61 Å². The topological polar surface area (TPSA) is 72.0 Å². The molecule has 1 aromatic rings. The fraction of sp³-hybridized carbons (Fsp3) is 0.583. The van der Waals surface area contributed by atoms with Crippen molar-refractivity contribution < 1.29 is 9.53 Å². The van der Waals surface area contributed by atoms with Gasteiger partial charge in [-0.05, 0) is 20.3 Å². The number of carbonyl (C=O) groups is 1. The molecule has 0 aliphatic rings. The van der Waals surface area contributed by atoms with Gasteiger partial charge in [0.1, 0.15) is 5.25 Å². The number of nitrogens with one attached hydrogen (secondary N) is 1. The summed E-state index contributed by atoms with van der Waals surface area (Å²) in [6, 6.07) is 1.49. The maximum absolute atomic E-state index is 11.5. The van der Waals surface area contributed by atoms with Crippen LogP contribution in [-0.2, 0) is 16.0 Å². The second kappa shape index (κ2) is 7.20. The number of aromatic nitrogens is 2. The Balaban J connectivity index is 2.77. The molecule has 0 saturated carbocycles. The number of aryl methyl sites for hydroxylation is 1. The fourth-order valence-corrected chi connectivity index (χ4v) is 2.23. The number of rotatable bonds is 6. The molecule has 0 aliphatic carbocycles. The molecule has 1 aromatic heterocycles. The quantitative estimate of drug-likeness (QED) is 0.484. The summed E-state index contributed by atoms with van der Waals surface area (Å²) in [5.41, 5.74) is 0.562. The number of nitrogens with zero attached hydrogens (tertiary/aromatic N) is 1. The Labute approximate surface area is 110 Å². The standard InChI is InChI=1S/C12H18N2O3S/c1-4-6-9-7-10(15)14-12(13-9)18-8(3)11(16)17-5-2/h7-8H,4-6H2,1-3H3,(H,13,14,15)/t8-/m0/s1. The van der Waals surface area contributed by atoms with Crippen molar-refractivity contribution in [3.63, 3.8) is 0 Å². The highest BCUT2D eigenvalue weighted by molar-refractivity contribution is 8.00. The molecule has 1 rings (SSSR count). The molecule has 1 heterocycles. The lowest BCUT2D eigenvalue weighted by atomic mass is 10.2. The van der Waals surface area contributed by atoms with Gasteiger partial charge in [-0.2, -0.15) is 0 Å². The van der Waals surface area contributed by atoms with Crippen LogP contribution in [0.1, 0.15) is 32.9 Å². The second-order valence-corrected chi connectivity index (χ2v) is 5.13. The van der Waals surface area contributed by atoms with E-state index in [-0.39, 0.29) is 16.8 Å². The third-order valence-electron chi connectivity index (χ3n) is 2.19. The molecule has 0 unspecified atom stereocenters. The maximum Gasteiger partial charge on any atom is 0.319 e. The Morgan fingerprint density at radius 2 is 2.28 bits per heavy atom. The zero-order chi connectivity index (χ0) is 13.5. The van der Waals surface area contributed by atoms with E-state index >= 15 is 0 Å². The fourth-order valence-electron chi connectivity index (χ4n) is 1.40. The predicted octanol–water partition coefficient (Wildman–Crippen LogP) is 1.77. The largest absolute Gasteiger partial charge is 0.465 e. The van der Waals surface area contributed by atoms with Gasteiger partial charge in [-0.1, -0.05) is 25.1 Å². The number of hydrogen-bond donors (Lipinski definition) is 1. The Bertz CT molecular complexity index is 459. The van der Waals surface area contributed by atoms with Crippen molar-refractivity contribution >= 4 is 17.7 Å². The van der Waals surface area contributed by atoms with Crippen molar-refractivity contribution in [1.29, 1.82) is 0 Å². The number of esters is 1. The molecule has 18 heavy (non-hydrogen) atoms. The normalized spacial score (nSPS) is 12.2. The van der Waals surface area contributed by atoms with Crippen LogP contribution < -0.4 is 5.56 Å². The van der Waals surface area contributed by atoms with E-state index in [0.29, 0.717) is 11.8 Å². The Kier molecular flexibility index (Phi) is 5.91. The van der Waals surface area contributed by atoms with E-state index in [1.807, 2.05) is 6.92 Å². The SMILES string of the molecule is CCCc1cc(=O)[nH]c(S[C@@H](C)C(=O)OCC)n1. The van der Waals surface area contributed by atoms with E-state index in [0.717, 1.165) is 18.5 Å². The molecule has 5 nitrogen and oxygen atoms in total. The lowest BCUT2D eigenvalue weighted by Gasteiger charge is -2.09. The van der Waals surface area contributed by atoms with Crippen LogP contribution in [-0.4, -0.2) is 27.8 Å². The summed E-state index contributed by atoms with van der Waals surface area (Å²) in [6.07, 6.45) is 1.68. The zero-order valence-electron chi connectivity index (χ0n) is 10.9. The van der Waals surface area contributed by atoms with Crippen molar-refractivity contribution in [3.8, 4) is 0 Å². The summed E-state index contributed by atoms with van der Waals surface area (Å²) in [5, 5.41) is 0.0801. The number of carbonyl (C=O) groups excluding carboxylic acids is 1. The summed E-state index contributed by atoms with van der Waals surface area (Å²) < 4.78 is 4.90. The molecule has 0 amide bonds. The van der Waals surface area contributed by atoms with Crippen LogP contribution >= 0.6 is 11.8 Å². The minimum Gasteiger partial charge on any atom is -0.465 e. The van der Waals surface area contributed by atoms with Crippen LogP contribution in [0, 0.1) is 0 Å². The first-order valence-electron chi connectivity index (χ1n) is 6.00. The first kappa shape index (κ1) is 14.8. The molecule has 0 bridgehead atoms. The molecule has 1 atom stereocenters. The van der Waals surface area contributed by atoms with Crippen LogP contribution in [0.4, 0.5) is 0 Å². The number of thioether (sulfide) groups is 1. The molecule has 0 radical (unpaired) electrons. The average Bonchev–Trinajstić information content (AvgIpc) is 2.28. The van der Waals surface area contributed by atoms with E-state index in [4.69, 9.17) is 4.74 Å². The maximum atomic E-state index is 11.5. The van der Waals surface area contributed by atoms with Crippen LogP contribution in [0.15, 0.2) is 16.0 Å². The monoisotopic (exact) mass is 270 g/mol. The molecule has 0 fully saturated rings. The van der Waals surface area contributed by atoms with Gasteiger partial charge in [0, 0.05) is 11.8 Å². The van der Waals surface area contributed by atoms with E-state index < -0.39 is 0 Å². The van der Waals surface area contributed by atoms with Gasteiger partial charge < -0.3 is 9.72 Å². The predicted molar refractivity (Wildman–Crippen MR) is 70.8 cm³/mol. The van der Waals surface area contributed by atoms with Gasteiger partial charge in [0.05, 0.1) is 6.61 Å². The molecule has 6 heteroatoms. The highest BCUT2D eigenvalue weighted by atomic mass is 32.2. The van der Waals surface area contributed by atoms with Gasteiger partial charge in [-0.25, -0.2) is 4.98 Å². The number of H-pyrrole nitrogens is 1. The average molecular weight is 270 g/mol. The molecule has 0 saturated heterocycles. The molecule has 1 N–H and O–H groups in total. The smallest absolute Gasteiger partial charge is 0.319 e. The molecular formula is C12H18N2O3S. The highest BCUT2D eigenvalue weighted by Crippen LogP contribution is 2.19. The Morgan fingerprint density at radius 3 is 2.89 bits per heavy atom. The first-order valence-corrected chi connectivity index (χ1v) is 6.88. The summed E-state index contributed by atoms with van der Waals surface area (Å²) in [5.74, 6) is -0.300. The molecule has 0 spiro atoms. The third kappa shape index (κ3) is 4.52. The van der Waals surface area contributed by atoms with Crippen LogP contribution in [0.2, 0.25) is 0 Å². The Morgan fingerprint density at radius 1 is 1.56 bits per heavy atom. The van der Waals surface area contributed by atoms with Gasteiger partial charge in [0.2, 0.25) is 0 Å². The third-order valence-corrected chi connectivity index (χ3v) is 3.15. The lowest BCUT2D eigenvalue weighted by molar-refractivity contribution is -0.142. The van der Waals surface area contributed by atoms with E-state index in [1.165, 1.54) is 17.8 Å². The lowest BCUT2D eigenvalue weighted by Crippen LogP contribution is -2.18. The summed E-state index contributed by atoms with van der Waals surface area (Å²) in [7, 11) is 0. The highest BCUT2D eigenvalue weighted by Gasteiger charge is 2.17. The summed E-state index contributed by atoms with van der Waals surface area (Å²) in [6.45, 7) is 5.87. The van der Waals surface area contributed by atoms with Crippen molar-refractivity contribution in [2.45, 2.75) is 44.0 Å². The van der Waals surface area contributed by atoms with E-state index in [2.05, 4.69) is 9.97 Å². The number of ether oxygens (including phenoxy) is 1. The first-order chi connectivity index (χ1) is 8.56.